The largest absolute Gasteiger partial charge is 0.344 e. The van der Waals surface area contributed by atoms with E-state index in [2.05, 4.69) is 9.71 Å². The summed E-state index contributed by atoms with van der Waals surface area (Å²) < 4.78 is 27.0. The first-order valence-corrected chi connectivity index (χ1v) is 9.93. The summed E-state index contributed by atoms with van der Waals surface area (Å²) in [5.74, 6) is -0.264. The minimum atomic E-state index is -3.63. The maximum absolute atomic E-state index is 12.2. The number of nitrogens with one attached hydrogen (secondary N) is 1. The van der Waals surface area contributed by atoms with E-state index in [9.17, 15) is 13.2 Å². The fourth-order valence-corrected chi connectivity index (χ4v) is 4.34. The van der Waals surface area contributed by atoms with Gasteiger partial charge in [0.25, 0.3) is 10.0 Å². The number of carbonyl (C=O) groups excluding carboxylic acids is 1. The molecule has 0 saturated carbocycles. The fraction of sp³-hybridized carbons (Fsp3) is 0.375. The lowest BCUT2D eigenvalue weighted by Gasteiger charge is -2.17. The van der Waals surface area contributed by atoms with Gasteiger partial charge < -0.3 is 4.90 Å². The second-order valence-corrected chi connectivity index (χ2v) is 8.48. The SMILES string of the molecule is CCc1ccc(S(=O)(=O)NCC(=O)N(C)CCc2ccncc2)s1. The van der Waals surface area contributed by atoms with Crippen molar-refractivity contribution < 1.29 is 13.2 Å². The topological polar surface area (TPSA) is 79.4 Å². The molecule has 0 aliphatic carbocycles. The highest BCUT2D eigenvalue weighted by molar-refractivity contribution is 7.91. The number of pyridine rings is 1. The molecule has 2 aromatic heterocycles. The Hall–Kier alpha value is -1.77. The van der Waals surface area contributed by atoms with Gasteiger partial charge in [-0.05, 0) is 42.7 Å². The molecule has 0 bridgehead atoms. The molecule has 2 rings (SSSR count). The van der Waals surface area contributed by atoms with Gasteiger partial charge >= 0.3 is 0 Å². The molecule has 1 amide bonds. The van der Waals surface area contributed by atoms with E-state index in [-0.39, 0.29) is 16.7 Å². The van der Waals surface area contributed by atoms with Crippen LogP contribution in [0.1, 0.15) is 17.4 Å². The minimum Gasteiger partial charge on any atom is -0.344 e. The predicted octanol–water partition coefficient (Wildman–Crippen LogP) is 1.68. The number of thiophene rings is 1. The quantitative estimate of drug-likeness (QED) is 0.770. The van der Waals surface area contributed by atoms with E-state index in [1.165, 1.54) is 16.2 Å². The van der Waals surface area contributed by atoms with Crippen molar-refractivity contribution in [2.75, 3.05) is 20.1 Å². The van der Waals surface area contributed by atoms with Crippen LogP contribution in [0.5, 0.6) is 0 Å². The number of hydrogen-bond acceptors (Lipinski definition) is 5. The molecule has 0 aliphatic rings. The molecule has 24 heavy (non-hydrogen) atoms. The Labute approximate surface area is 146 Å². The molecule has 0 fully saturated rings. The van der Waals surface area contributed by atoms with Crippen LogP contribution in [-0.4, -0.2) is 44.3 Å². The highest BCUT2D eigenvalue weighted by atomic mass is 32.2. The Morgan fingerprint density at radius 3 is 2.58 bits per heavy atom. The van der Waals surface area contributed by atoms with Gasteiger partial charge in [0.05, 0.1) is 6.54 Å². The van der Waals surface area contributed by atoms with Crippen molar-refractivity contribution in [3.63, 3.8) is 0 Å². The summed E-state index contributed by atoms with van der Waals surface area (Å²) in [7, 11) is -1.97. The van der Waals surface area contributed by atoms with E-state index in [4.69, 9.17) is 0 Å². The molecular weight excluding hydrogens is 346 g/mol. The smallest absolute Gasteiger partial charge is 0.250 e. The molecule has 1 N–H and O–H groups in total. The van der Waals surface area contributed by atoms with Gasteiger partial charge in [-0.15, -0.1) is 11.3 Å². The molecule has 0 atom stereocenters. The van der Waals surface area contributed by atoms with E-state index in [0.717, 1.165) is 16.9 Å². The van der Waals surface area contributed by atoms with Gasteiger partial charge in [0.2, 0.25) is 5.91 Å². The van der Waals surface area contributed by atoms with E-state index >= 15 is 0 Å². The third-order valence-corrected chi connectivity index (χ3v) is 6.70. The number of likely N-dealkylation sites (N-methyl/N-ethyl adjacent to an activating group) is 1. The molecule has 0 aliphatic heterocycles. The van der Waals surface area contributed by atoms with Crippen LogP contribution < -0.4 is 4.72 Å². The molecule has 0 spiro atoms. The highest BCUT2D eigenvalue weighted by Crippen LogP contribution is 2.21. The third-order valence-electron chi connectivity index (χ3n) is 3.57. The van der Waals surface area contributed by atoms with Crippen LogP contribution in [0.25, 0.3) is 0 Å². The zero-order valence-electron chi connectivity index (χ0n) is 13.7. The van der Waals surface area contributed by atoms with Crippen LogP contribution in [-0.2, 0) is 27.7 Å². The lowest BCUT2D eigenvalue weighted by atomic mass is 10.2. The molecule has 0 unspecified atom stereocenters. The first-order valence-electron chi connectivity index (χ1n) is 7.63. The van der Waals surface area contributed by atoms with Crippen molar-refractivity contribution in [3.8, 4) is 0 Å². The van der Waals surface area contributed by atoms with Gasteiger partial charge in [-0.3, -0.25) is 9.78 Å². The molecular formula is C16H21N3O3S2. The zero-order chi connectivity index (χ0) is 17.6. The summed E-state index contributed by atoms with van der Waals surface area (Å²) in [6, 6.07) is 7.15. The Kier molecular flexibility index (Phi) is 6.47. The molecule has 2 aromatic rings. The number of rotatable bonds is 8. The van der Waals surface area contributed by atoms with Crippen LogP contribution in [0, 0.1) is 0 Å². The van der Waals surface area contributed by atoms with Gasteiger partial charge in [-0.25, -0.2) is 13.1 Å². The van der Waals surface area contributed by atoms with E-state index < -0.39 is 10.0 Å². The monoisotopic (exact) mass is 367 g/mol. The second-order valence-electron chi connectivity index (χ2n) is 5.32. The lowest BCUT2D eigenvalue weighted by Crippen LogP contribution is -2.38. The maximum atomic E-state index is 12.2. The van der Waals surface area contributed by atoms with Crippen molar-refractivity contribution in [1.29, 1.82) is 0 Å². The average molecular weight is 367 g/mol. The van der Waals surface area contributed by atoms with Crippen molar-refractivity contribution in [1.82, 2.24) is 14.6 Å². The van der Waals surface area contributed by atoms with Gasteiger partial charge in [0.1, 0.15) is 4.21 Å². The molecule has 6 nitrogen and oxygen atoms in total. The zero-order valence-corrected chi connectivity index (χ0v) is 15.4. The average Bonchev–Trinajstić information content (AvgIpc) is 3.08. The standard InChI is InChI=1S/C16H21N3O3S2/c1-3-14-4-5-16(23-14)24(21,22)18-12-15(20)19(2)11-8-13-6-9-17-10-7-13/h4-7,9-10,18H,3,8,11-12H2,1-2H3. The summed E-state index contributed by atoms with van der Waals surface area (Å²) in [5, 5.41) is 0. The number of aryl methyl sites for hydroxylation is 1. The molecule has 8 heteroatoms. The Bertz CT molecular complexity index is 773. The number of amides is 1. The first kappa shape index (κ1) is 18.6. The first-order chi connectivity index (χ1) is 11.4. The van der Waals surface area contributed by atoms with Gasteiger partial charge in [0, 0.05) is 30.9 Å². The van der Waals surface area contributed by atoms with Crippen molar-refractivity contribution in [3.05, 3.63) is 47.1 Å². The summed E-state index contributed by atoms with van der Waals surface area (Å²) in [6.07, 6.45) is 4.90. The fourth-order valence-electron chi connectivity index (χ4n) is 2.03. The number of hydrogen-bond donors (Lipinski definition) is 1. The van der Waals surface area contributed by atoms with Gasteiger partial charge in [0.15, 0.2) is 0 Å². The van der Waals surface area contributed by atoms with Crippen LogP contribution in [0.4, 0.5) is 0 Å². The Morgan fingerprint density at radius 1 is 1.25 bits per heavy atom. The van der Waals surface area contributed by atoms with E-state index in [0.29, 0.717) is 13.0 Å². The molecule has 0 saturated heterocycles. The van der Waals surface area contributed by atoms with Crippen LogP contribution >= 0.6 is 11.3 Å². The Balaban J connectivity index is 1.85. The highest BCUT2D eigenvalue weighted by Gasteiger charge is 2.19. The molecule has 0 aromatic carbocycles. The maximum Gasteiger partial charge on any atom is 0.250 e. The van der Waals surface area contributed by atoms with Gasteiger partial charge in [-0.2, -0.15) is 0 Å². The lowest BCUT2D eigenvalue weighted by molar-refractivity contribution is -0.128. The number of nitrogens with zero attached hydrogens (tertiary/aromatic N) is 2. The van der Waals surface area contributed by atoms with Crippen LogP contribution in [0.3, 0.4) is 0 Å². The number of carbonyl (C=O) groups is 1. The van der Waals surface area contributed by atoms with E-state index in [1.807, 2.05) is 19.1 Å². The number of aromatic nitrogens is 1. The number of sulfonamides is 1. The van der Waals surface area contributed by atoms with Crippen molar-refractivity contribution >= 4 is 27.3 Å². The summed E-state index contributed by atoms with van der Waals surface area (Å²) in [4.78, 5) is 18.6. The van der Waals surface area contributed by atoms with E-state index in [1.54, 1.807) is 31.6 Å². The third kappa shape index (κ3) is 5.12. The predicted molar refractivity (Wildman–Crippen MR) is 94.5 cm³/mol. The van der Waals surface area contributed by atoms with Crippen molar-refractivity contribution in [2.24, 2.45) is 0 Å². The molecule has 130 valence electrons. The van der Waals surface area contributed by atoms with Crippen LogP contribution in [0.15, 0.2) is 40.9 Å². The normalized spacial score (nSPS) is 11.4. The van der Waals surface area contributed by atoms with Gasteiger partial charge in [-0.1, -0.05) is 6.92 Å². The summed E-state index contributed by atoms with van der Waals surface area (Å²) in [6.45, 7) is 2.25. The Morgan fingerprint density at radius 2 is 1.96 bits per heavy atom. The minimum absolute atomic E-state index is 0.242. The second kappa shape index (κ2) is 8.36. The van der Waals surface area contributed by atoms with Crippen molar-refractivity contribution in [2.45, 2.75) is 24.0 Å². The summed E-state index contributed by atoms with van der Waals surface area (Å²) >= 11 is 1.23. The van der Waals surface area contributed by atoms with Crippen LogP contribution in [0.2, 0.25) is 0 Å². The summed E-state index contributed by atoms with van der Waals surface area (Å²) in [5.41, 5.74) is 1.08. The molecule has 2 heterocycles. The molecule has 0 radical (unpaired) electrons.